The van der Waals surface area contributed by atoms with Gasteiger partial charge in [-0.1, -0.05) is 12.1 Å². The van der Waals surface area contributed by atoms with Crippen molar-refractivity contribution < 1.29 is 22.7 Å². The fraction of sp³-hybridized carbons (Fsp3) is 0.350. The van der Waals surface area contributed by atoms with Crippen molar-refractivity contribution in [3.8, 4) is 11.5 Å². The summed E-state index contributed by atoms with van der Waals surface area (Å²) in [6, 6.07) is 11.7. The van der Waals surface area contributed by atoms with E-state index in [1.165, 1.54) is 26.2 Å². The van der Waals surface area contributed by atoms with E-state index >= 15 is 0 Å². The lowest BCUT2D eigenvalue weighted by Gasteiger charge is -2.23. The Morgan fingerprint density at radius 2 is 1.75 bits per heavy atom. The van der Waals surface area contributed by atoms with Crippen LogP contribution in [0.1, 0.15) is 22.8 Å². The van der Waals surface area contributed by atoms with Crippen LogP contribution in [0.2, 0.25) is 0 Å². The van der Waals surface area contributed by atoms with Crippen molar-refractivity contribution >= 4 is 15.9 Å². The summed E-state index contributed by atoms with van der Waals surface area (Å²) in [4.78, 5) is 14.7. The zero-order chi connectivity index (χ0) is 20.3. The van der Waals surface area contributed by atoms with Crippen molar-refractivity contribution in [2.75, 3.05) is 33.9 Å². The van der Waals surface area contributed by atoms with E-state index in [0.29, 0.717) is 43.4 Å². The Labute approximate surface area is 165 Å². The first-order chi connectivity index (χ1) is 13.3. The number of rotatable bonds is 6. The van der Waals surface area contributed by atoms with Gasteiger partial charge in [-0.05, 0) is 42.8 Å². The zero-order valence-electron chi connectivity index (χ0n) is 16.2. The third-order valence-corrected chi connectivity index (χ3v) is 6.32. The van der Waals surface area contributed by atoms with Gasteiger partial charge in [0.25, 0.3) is 5.91 Å². The first kappa shape index (κ1) is 20.2. The van der Waals surface area contributed by atoms with Gasteiger partial charge in [0.2, 0.25) is 10.0 Å². The molecule has 7 nitrogen and oxygen atoms in total. The number of sulfonamides is 1. The van der Waals surface area contributed by atoms with Crippen molar-refractivity contribution in [1.82, 2.24) is 9.21 Å². The van der Waals surface area contributed by atoms with Crippen LogP contribution < -0.4 is 9.47 Å². The maximum absolute atomic E-state index is 13.0. The molecule has 0 N–H and O–H groups in total. The van der Waals surface area contributed by atoms with Gasteiger partial charge in [-0.25, -0.2) is 12.7 Å². The van der Waals surface area contributed by atoms with E-state index in [2.05, 4.69) is 0 Å². The topological polar surface area (TPSA) is 76.1 Å². The van der Waals surface area contributed by atoms with E-state index in [9.17, 15) is 13.2 Å². The summed E-state index contributed by atoms with van der Waals surface area (Å²) in [7, 11) is -0.678. The van der Waals surface area contributed by atoms with Gasteiger partial charge < -0.3 is 14.4 Å². The fourth-order valence-electron chi connectivity index (χ4n) is 2.92. The minimum Gasteiger partial charge on any atom is -0.486 e. The van der Waals surface area contributed by atoms with Crippen LogP contribution >= 0.6 is 0 Å². The molecule has 1 aliphatic rings. The molecule has 0 saturated heterocycles. The van der Waals surface area contributed by atoms with Gasteiger partial charge in [-0.15, -0.1) is 0 Å². The molecular formula is C20H24N2O5S. The predicted molar refractivity (Wildman–Crippen MR) is 105 cm³/mol. The molecule has 8 heteroatoms. The lowest BCUT2D eigenvalue weighted by molar-refractivity contribution is 0.0752. The quantitative estimate of drug-likeness (QED) is 0.739. The molecule has 0 aromatic heterocycles. The summed E-state index contributed by atoms with van der Waals surface area (Å²) in [6.45, 7) is 3.78. The molecule has 0 saturated carbocycles. The van der Waals surface area contributed by atoms with Crippen LogP contribution in [0.4, 0.5) is 0 Å². The number of fused-ring (bicyclic) bond motifs is 1. The van der Waals surface area contributed by atoms with E-state index in [4.69, 9.17) is 9.47 Å². The number of hydrogen-bond donors (Lipinski definition) is 0. The van der Waals surface area contributed by atoms with Crippen molar-refractivity contribution in [2.24, 2.45) is 0 Å². The lowest BCUT2D eigenvalue weighted by atomic mass is 10.1. The molecule has 0 radical (unpaired) electrons. The molecule has 2 aromatic rings. The summed E-state index contributed by atoms with van der Waals surface area (Å²) in [5, 5.41) is 0. The van der Waals surface area contributed by atoms with Gasteiger partial charge in [0.05, 0.1) is 4.90 Å². The van der Waals surface area contributed by atoms with Gasteiger partial charge in [0.15, 0.2) is 11.5 Å². The molecule has 1 amide bonds. The van der Waals surface area contributed by atoms with Crippen LogP contribution in [0, 0.1) is 0 Å². The van der Waals surface area contributed by atoms with E-state index in [0.717, 1.165) is 9.87 Å². The zero-order valence-corrected chi connectivity index (χ0v) is 17.0. The molecule has 0 fully saturated rings. The minimum atomic E-state index is -3.60. The number of amides is 1. The summed E-state index contributed by atoms with van der Waals surface area (Å²) >= 11 is 0. The second kappa shape index (κ2) is 8.20. The van der Waals surface area contributed by atoms with Gasteiger partial charge >= 0.3 is 0 Å². The molecular weight excluding hydrogens is 380 g/mol. The summed E-state index contributed by atoms with van der Waals surface area (Å²) in [5.74, 6) is 1.14. The number of ether oxygens (including phenoxy) is 2. The Morgan fingerprint density at radius 1 is 1.04 bits per heavy atom. The summed E-state index contributed by atoms with van der Waals surface area (Å²) in [6.07, 6.45) is 0. The second-order valence-electron chi connectivity index (χ2n) is 6.61. The van der Waals surface area contributed by atoms with Gasteiger partial charge in [-0.3, -0.25) is 4.79 Å². The molecule has 0 bridgehead atoms. The van der Waals surface area contributed by atoms with Crippen molar-refractivity contribution in [2.45, 2.75) is 18.4 Å². The maximum Gasteiger partial charge on any atom is 0.254 e. The largest absolute Gasteiger partial charge is 0.486 e. The highest BCUT2D eigenvalue weighted by Gasteiger charge is 2.21. The Kier molecular flexibility index (Phi) is 5.90. The van der Waals surface area contributed by atoms with Crippen LogP contribution in [0.5, 0.6) is 11.5 Å². The highest BCUT2D eigenvalue weighted by molar-refractivity contribution is 7.89. The highest BCUT2D eigenvalue weighted by Crippen LogP contribution is 2.31. The van der Waals surface area contributed by atoms with Crippen LogP contribution in [0.25, 0.3) is 0 Å². The Balaban J connectivity index is 1.82. The summed E-state index contributed by atoms with van der Waals surface area (Å²) < 4.78 is 37.0. The highest BCUT2D eigenvalue weighted by atomic mass is 32.2. The van der Waals surface area contributed by atoms with Crippen molar-refractivity contribution in [1.29, 1.82) is 0 Å². The molecule has 0 aliphatic carbocycles. The van der Waals surface area contributed by atoms with Crippen LogP contribution in [-0.2, 0) is 16.6 Å². The van der Waals surface area contributed by atoms with Crippen LogP contribution in [0.15, 0.2) is 47.4 Å². The second-order valence-corrected chi connectivity index (χ2v) is 8.76. The molecule has 1 aliphatic heterocycles. The average Bonchev–Trinajstić information content (AvgIpc) is 2.71. The molecule has 0 spiro atoms. The van der Waals surface area contributed by atoms with E-state index in [1.54, 1.807) is 17.0 Å². The molecule has 3 rings (SSSR count). The monoisotopic (exact) mass is 404 g/mol. The Bertz CT molecular complexity index is 972. The van der Waals surface area contributed by atoms with Crippen molar-refractivity contribution in [3.63, 3.8) is 0 Å². The van der Waals surface area contributed by atoms with Crippen molar-refractivity contribution in [3.05, 3.63) is 53.6 Å². The number of benzene rings is 2. The molecule has 2 aromatic carbocycles. The first-order valence-corrected chi connectivity index (χ1v) is 10.5. The first-order valence-electron chi connectivity index (χ1n) is 9.03. The SMILES string of the molecule is CCN(Cc1ccc2c(c1)OCCO2)C(=O)c1cccc(S(=O)(=O)N(C)C)c1. The van der Waals surface area contributed by atoms with Crippen LogP contribution in [-0.4, -0.2) is 57.4 Å². The van der Waals surface area contributed by atoms with Gasteiger partial charge in [0, 0.05) is 32.7 Å². The maximum atomic E-state index is 13.0. The predicted octanol–water partition coefficient (Wildman–Crippen LogP) is 2.37. The van der Waals surface area contributed by atoms with E-state index < -0.39 is 10.0 Å². The molecule has 28 heavy (non-hydrogen) atoms. The fourth-order valence-corrected chi connectivity index (χ4v) is 3.86. The van der Waals surface area contributed by atoms with E-state index in [1.807, 2.05) is 25.1 Å². The van der Waals surface area contributed by atoms with Gasteiger partial charge in [0.1, 0.15) is 13.2 Å². The van der Waals surface area contributed by atoms with E-state index in [-0.39, 0.29) is 10.8 Å². The number of carbonyl (C=O) groups is 1. The smallest absolute Gasteiger partial charge is 0.254 e. The average molecular weight is 404 g/mol. The molecule has 0 unspecified atom stereocenters. The number of carbonyl (C=O) groups excluding carboxylic acids is 1. The minimum absolute atomic E-state index is 0.0960. The molecule has 1 heterocycles. The normalized spacial score (nSPS) is 13.4. The molecule has 150 valence electrons. The lowest BCUT2D eigenvalue weighted by Crippen LogP contribution is -2.30. The number of nitrogens with zero attached hydrogens (tertiary/aromatic N) is 2. The standard InChI is InChI=1S/C20H24N2O5S/c1-4-22(14-15-8-9-18-19(12-15)27-11-10-26-18)20(23)16-6-5-7-17(13-16)28(24,25)21(2)3/h5-9,12-13H,4,10-11,14H2,1-3H3. The molecule has 0 atom stereocenters. The van der Waals surface area contributed by atoms with Crippen LogP contribution in [0.3, 0.4) is 0 Å². The Morgan fingerprint density at radius 3 is 2.43 bits per heavy atom. The summed E-state index contributed by atoms with van der Waals surface area (Å²) in [5.41, 5.74) is 1.25. The van der Waals surface area contributed by atoms with Gasteiger partial charge in [-0.2, -0.15) is 0 Å². The number of hydrogen-bond acceptors (Lipinski definition) is 5. The third kappa shape index (κ3) is 4.13. The Hall–Kier alpha value is -2.58. The third-order valence-electron chi connectivity index (χ3n) is 4.51.